The van der Waals surface area contributed by atoms with Crippen LogP contribution in [-0.2, 0) is 0 Å². The van der Waals surface area contributed by atoms with Gasteiger partial charge in [0.25, 0.3) is 5.56 Å². The molecule has 0 unspecified atom stereocenters. The summed E-state index contributed by atoms with van der Waals surface area (Å²) in [6, 6.07) is 13.5. The van der Waals surface area contributed by atoms with Crippen molar-refractivity contribution in [3.05, 3.63) is 52.8 Å². The van der Waals surface area contributed by atoms with E-state index in [1.54, 1.807) is 0 Å². The fourth-order valence-electron chi connectivity index (χ4n) is 3.27. The number of hydrogen-bond acceptors (Lipinski definition) is 5. The lowest BCUT2D eigenvalue weighted by molar-refractivity contribution is 0.768. The van der Waals surface area contributed by atoms with E-state index < -0.39 is 0 Å². The molecule has 4 rings (SSSR count). The quantitative estimate of drug-likeness (QED) is 0.436. The van der Waals surface area contributed by atoms with Gasteiger partial charge in [-0.05, 0) is 31.3 Å². The molecule has 5 N–H and O–H groups in total. The molecule has 0 aliphatic carbocycles. The molecule has 27 heavy (non-hydrogen) atoms. The van der Waals surface area contributed by atoms with Crippen LogP contribution >= 0.6 is 0 Å². The Morgan fingerprint density at radius 3 is 2.78 bits per heavy atom. The van der Waals surface area contributed by atoms with E-state index in [-0.39, 0.29) is 5.56 Å². The van der Waals surface area contributed by atoms with Crippen LogP contribution in [0.5, 0.6) is 0 Å². The van der Waals surface area contributed by atoms with Gasteiger partial charge in [-0.15, -0.1) is 0 Å². The zero-order valence-electron chi connectivity index (χ0n) is 15.3. The number of anilines is 2. The lowest BCUT2D eigenvalue weighted by Crippen LogP contribution is -2.26. The lowest BCUT2D eigenvalue weighted by atomic mass is 10.1. The lowest BCUT2D eigenvalue weighted by Gasteiger charge is -2.18. The average molecular weight is 362 g/mol. The number of para-hydroxylation sites is 1. The van der Waals surface area contributed by atoms with Crippen molar-refractivity contribution in [1.82, 2.24) is 20.3 Å². The number of hydrogen-bond donors (Lipinski definition) is 4. The number of nitrogens with one attached hydrogen (secondary N) is 3. The van der Waals surface area contributed by atoms with Crippen molar-refractivity contribution in [3.8, 4) is 11.4 Å². The molecule has 2 heterocycles. The summed E-state index contributed by atoms with van der Waals surface area (Å²) < 4.78 is 0. The van der Waals surface area contributed by atoms with Crippen LogP contribution in [-0.4, -0.2) is 42.1 Å². The highest BCUT2D eigenvalue weighted by Crippen LogP contribution is 2.29. The van der Waals surface area contributed by atoms with Crippen molar-refractivity contribution in [2.75, 3.05) is 37.8 Å². The molecule has 7 heteroatoms. The second kappa shape index (κ2) is 6.77. The van der Waals surface area contributed by atoms with Crippen LogP contribution in [0.4, 0.5) is 11.4 Å². The molecule has 0 spiro atoms. The summed E-state index contributed by atoms with van der Waals surface area (Å²) in [4.78, 5) is 25.5. The Balaban J connectivity index is 1.81. The van der Waals surface area contributed by atoms with Crippen LogP contribution in [0.1, 0.15) is 0 Å². The van der Waals surface area contributed by atoms with E-state index in [0.717, 1.165) is 35.2 Å². The molecule has 0 bridgehead atoms. The van der Waals surface area contributed by atoms with Gasteiger partial charge in [-0.25, -0.2) is 4.98 Å². The molecule has 0 saturated carbocycles. The number of nitrogen functional groups attached to an aromatic ring is 1. The van der Waals surface area contributed by atoms with E-state index in [1.165, 1.54) is 0 Å². The Morgan fingerprint density at radius 1 is 1.15 bits per heavy atom. The molecular weight excluding hydrogens is 340 g/mol. The number of fused-ring (bicyclic) bond motifs is 2. The van der Waals surface area contributed by atoms with Crippen molar-refractivity contribution in [2.24, 2.45) is 0 Å². The molecule has 0 atom stereocenters. The number of nitrogens with two attached hydrogens (primary N) is 1. The second-order valence-corrected chi connectivity index (χ2v) is 6.60. The van der Waals surface area contributed by atoms with Gasteiger partial charge in [0.1, 0.15) is 11.4 Å². The summed E-state index contributed by atoms with van der Waals surface area (Å²) in [6.45, 7) is 1.78. The minimum absolute atomic E-state index is 0.253. The first-order chi connectivity index (χ1) is 13.1. The van der Waals surface area contributed by atoms with Gasteiger partial charge in [-0.3, -0.25) is 4.79 Å². The van der Waals surface area contributed by atoms with Crippen molar-refractivity contribution < 1.29 is 0 Å². The molecule has 0 saturated heterocycles. The van der Waals surface area contributed by atoms with Gasteiger partial charge < -0.3 is 25.9 Å². The number of rotatable bonds is 5. The largest absolute Gasteiger partial charge is 0.397 e. The Morgan fingerprint density at radius 2 is 1.96 bits per heavy atom. The normalized spacial score (nSPS) is 11.3. The minimum atomic E-state index is -0.253. The molecule has 4 aromatic rings. The maximum atomic E-state index is 12.6. The maximum absolute atomic E-state index is 12.6. The summed E-state index contributed by atoms with van der Waals surface area (Å²) in [5.41, 5.74) is 10.3. The molecule has 7 nitrogen and oxygen atoms in total. The van der Waals surface area contributed by atoms with Crippen LogP contribution in [0, 0.1) is 0 Å². The van der Waals surface area contributed by atoms with Gasteiger partial charge in [0.2, 0.25) is 0 Å². The molecule has 0 aliphatic heterocycles. The first-order valence-corrected chi connectivity index (χ1v) is 8.85. The van der Waals surface area contributed by atoms with E-state index in [2.05, 4.69) is 25.2 Å². The number of H-pyrrole nitrogens is 2. The SMILES string of the molecule is CNCCN(C)c1ccc2nc(-c3c(N)c4ccccc4[nH]c3=O)[nH]c2c1. The van der Waals surface area contributed by atoms with Gasteiger partial charge in [-0.2, -0.15) is 0 Å². The van der Waals surface area contributed by atoms with Gasteiger partial charge in [0, 0.05) is 31.2 Å². The highest BCUT2D eigenvalue weighted by Gasteiger charge is 2.16. The number of nitrogens with zero attached hydrogens (tertiary/aromatic N) is 2. The van der Waals surface area contributed by atoms with Crippen molar-refractivity contribution in [1.29, 1.82) is 0 Å². The summed E-state index contributed by atoms with van der Waals surface area (Å²) >= 11 is 0. The van der Waals surface area contributed by atoms with Gasteiger partial charge >= 0.3 is 0 Å². The zero-order valence-corrected chi connectivity index (χ0v) is 15.3. The average Bonchev–Trinajstić information content (AvgIpc) is 3.08. The molecule has 0 amide bonds. The third-order valence-electron chi connectivity index (χ3n) is 4.80. The summed E-state index contributed by atoms with van der Waals surface area (Å²) in [5.74, 6) is 0.476. The van der Waals surface area contributed by atoms with Crippen LogP contribution in [0.3, 0.4) is 0 Å². The summed E-state index contributed by atoms with van der Waals surface area (Å²) in [6.07, 6.45) is 0. The Kier molecular flexibility index (Phi) is 4.29. The van der Waals surface area contributed by atoms with Crippen molar-refractivity contribution in [2.45, 2.75) is 0 Å². The standard InChI is InChI=1S/C20H22N6O/c1-22-9-10-26(2)12-7-8-15-16(11-12)24-19(23-15)17-18(21)13-5-3-4-6-14(13)25-20(17)27/h3-8,11,22H,9-10H2,1-2H3,(H,23,24)(H3,21,25,27). The highest BCUT2D eigenvalue weighted by molar-refractivity contribution is 5.97. The Bertz CT molecular complexity index is 1180. The fraction of sp³-hybridized carbons (Fsp3) is 0.200. The third-order valence-corrected chi connectivity index (χ3v) is 4.80. The zero-order chi connectivity index (χ0) is 19.0. The van der Waals surface area contributed by atoms with Crippen molar-refractivity contribution in [3.63, 3.8) is 0 Å². The molecule has 138 valence electrons. The molecule has 0 aliphatic rings. The second-order valence-electron chi connectivity index (χ2n) is 6.60. The van der Waals surface area contributed by atoms with Gasteiger partial charge in [0.05, 0.1) is 22.2 Å². The van der Waals surface area contributed by atoms with E-state index in [1.807, 2.05) is 56.6 Å². The monoisotopic (exact) mass is 362 g/mol. The molecule has 2 aromatic carbocycles. The van der Waals surface area contributed by atoms with E-state index in [4.69, 9.17) is 5.73 Å². The van der Waals surface area contributed by atoms with Crippen LogP contribution in [0.25, 0.3) is 33.3 Å². The number of aromatic amines is 2. The Hall–Kier alpha value is -3.32. The third kappa shape index (κ3) is 3.02. The maximum Gasteiger partial charge on any atom is 0.261 e. The summed E-state index contributed by atoms with van der Waals surface area (Å²) in [5, 5.41) is 3.95. The number of likely N-dealkylation sites (N-methyl/N-ethyl adjacent to an activating group) is 2. The predicted molar refractivity (Wildman–Crippen MR) is 111 cm³/mol. The van der Waals surface area contributed by atoms with Crippen LogP contribution < -0.4 is 21.5 Å². The highest BCUT2D eigenvalue weighted by atomic mass is 16.1. The van der Waals surface area contributed by atoms with Crippen LogP contribution in [0.2, 0.25) is 0 Å². The number of imidazole rings is 1. The molecule has 0 radical (unpaired) electrons. The van der Waals surface area contributed by atoms with Crippen LogP contribution in [0.15, 0.2) is 47.3 Å². The Labute approximate surface area is 156 Å². The predicted octanol–water partition coefficient (Wildman–Crippen LogP) is 2.31. The van der Waals surface area contributed by atoms with Gasteiger partial charge in [-0.1, -0.05) is 18.2 Å². The molecular formula is C20H22N6O. The molecule has 2 aromatic heterocycles. The molecule has 0 fully saturated rings. The number of aromatic nitrogens is 3. The van der Waals surface area contributed by atoms with Gasteiger partial charge in [0.15, 0.2) is 0 Å². The van der Waals surface area contributed by atoms with E-state index in [0.29, 0.717) is 22.6 Å². The topological polar surface area (TPSA) is 103 Å². The first kappa shape index (κ1) is 17.1. The number of benzene rings is 2. The minimum Gasteiger partial charge on any atom is -0.397 e. The number of pyridine rings is 1. The smallest absolute Gasteiger partial charge is 0.261 e. The fourth-order valence-corrected chi connectivity index (χ4v) is 3.27. The van der Waals surface area contributed by atoms with Crippen molar-refractivity contribution >= 4 is 33.3 Å². The van der Waals surface area contributed by atoms with E-state index in [9.17, 15) is 4.79 Å². The first-order valence-electron chi connectivity index (χ1n) is 8.85. The summed E-state index contributed by atoms with van der Waals surface area (Å²) in [7, 11) is 3.98. The van der Waals surface area contributed by atoms with E-state index >= 15 is 0 Å².